The fourth-order valence-corrected chi connectivity index (χ4v) is 4.14. The third-order valence-electron chi connectivity index (χ3n) is 5.98. The molecular formula is C21H30FN3O2. The molecule has 2 aliphatic rings. The molecule has 148 valence electrons. The van der Waals surface area contributed by atoms with E-state index in [-0.39, 0.29) is 23.1 Å². The Kier molecular flexibility index (Phi) is 6.34. The molecule has 1 aliphatic carbocycles. The van der Waals surface area contributed by atoms with Crippen LogP contribution in [0.25, 0.3) is 0 Å². The molecule has 1 saturated heterocycles. The SMILES string of the molecule is CCOC(=O)C1CCN(C(=NC)NCC2(c3ccc(F)cc3)CCC2)CC1. The molecular weight excluding hydrogens is 345 g/mol. The van der Waals surface area contributed by atoms with Crippen molar-refractivity contribution in [3.8, 4) is 0 Å². The lowest BCUT2D eigenvalue weighted by Crippen LogP contribution is -2.52. The number of hydrogen-bond acceptors (Lipinski definition) is 3. The predicted octanol–water partition coefficient (Wildman–Crippen LogP) is 3.10. The minimum Gasteiger partial charge on any atom is -0.466 e. The lowest BCUT2D eigenvalue weighted by atomic mass is 9.64. The molecule has 1 aromatic rings. The van der Waals surface area contributed by atoms with E-state index in [4.69, 9.17) is 4.74 Å². The first-order valence-corrected chi connectivity index (χ1v) is 9.96. The summed E-state index contributed by atoms with van der Waals surface area (Å²) in [6.45, 7) is 4.67. The number of nitrogens with one attached hydrogen (secondary N) is 1. The molecule has 0 amide bonds. The smallest absolute Gasteiger partial charge is 0.309 e. The second-order valence-electron chi connectivity index (χ2n) is 7.55. The highest BCUT2D eigenvalue weighted by molar-refractivity contribution is 5.80. The first-order chi connectivity index (χ1) is 13.1. The lowest BCUT2D eigenvalue weighted by molar-refractivity contribution is -0.149. The van der Waals surface area contributed by atoms with Crippen molar-refractivity contribution < 1.29 is 13.9 Å². The van der Waals surface area contributed by atoms with E-state index >= 15 is 0 Å². The summed E-state index contributed by atoms with van der Waals surface area (Å²) in [5.74, 6) is 0.605. The molecule has 0 bridgehead atoms. The first-order valence-electron chi connectivity index (χ1n) is 9.96. The van der Waals surface area contributed by atoms with E-state index in [1.165, 1.54) is 12.0 Å². The molecule has 0 aromatic heterocycles. The van der Waals surface area contributed by atoms with Gasteiger partial charge in [-0.3, -0.25) is 9.79 Å². The van der Waals surface area contributed by atoms with Crippen molar-refractivity contribution in [3.05, 3.63) is 35.6 Å². The Hall–Kier alpha value is -2.11. The van der Waals surface area contributed by atoms with E-state index in [1.807, 2.05) is 19.1 Å². The quantitative estimate of drug-likeness (QED) is 0.488. The highest BCUT2D eigenvalue weighted by atomic mass is 19.1. The average molecular weight is 375 g/mol. The number of piperidine rings is 1. The van der Waals surface area contributed by atoms with Gasteiger partial charge in [0.15, 0.2) is 5.96 Å². The molecule has 2 fully saturated rings. The van der Waals surface area contributed by atoms with Gasteiger partial charge in [0.25, 0.3) is 0 Å². The molecule has 6 heteroatoms. The maximum Gasteiger partial charge on any atom is 0.309 e. The Labute approximate surface area is 161 Å². The van der Waals surface area contributed by atoms with E-state index in [9.17, 15) is 9.18 Å². The number of rotatable bonds is 5. The highest BCUT2D eigenvalue weighted by Gasteiger charge is 2.39. The molecule has 1 aromatic carbocycles. The molecule has 0 radical (unpaired) electrons. The minimum absolute atomic E-state index is 0.00324. The fraction of sp³-hybridized carbons (Fsp3) is 0.619. The van der Waals surface area contributed by atoms with E-state index in [2.05, 4.69) is 15.2 Å². The molecule has 0 unspecified atom stereocenters. The molecule has 1 N–H and O–H groups in total. The number of hydrogen-bond donors (Lipinski definition) is 1. The van der Waals surface area contributed by atoms with Crippen LogP contribution in [-0.4, -0.2) is 50.1 Å². The molecule has 3 rings (SSSR count). The second kappa shape index (κ2) is 8.72. The van der Waals surface area contributed by atoms with Gasteiger partial charge < -0.3 is 15.0 Å². The molecule has 27 heavy (non-hydrogen) atoms. The maximum atomic E-state index is 13.3. The Morgan fingerprint density at radius 3 is 2.48 bits per heavy atom. The van der Waals surface area contributed by atoms with Crippen LogP contribution in [0.4, 0.5) is 4.39 Å². The number of nitrogens with zero attached hydrogens (tertiary/aromatic N) is 2. The first kappa shape index (κ1) is 19.6. The van der Waals surface area contributed by atoms with Gasteiger partial charge in [-0.25, -0.2) is 4.39 Å². The number of aliphatic imine (C=N–C) groups is 1. The van der Waals surface area contributed by atoms with Crippen molar-refractivity contribution in [2.75, 3.05) is 33.3 Å². The maximum absolute atomic E-state index is 13.3. The number of carbonyl (C=O) groups excluding carboxylic acids is 1. The summed E-state index contributed by atoms with van der Waals surface area (Å²) in [6.07, 6.45) is 5.00. The van der Waals surface area contributed by atoms with Gasteiger partial charge in [0.05, 0.1) is 12.5 Å². The van der Waals surface area contributed by atoms with Gasteiger partial charge in [-0.2, -0.15) is 0 Å². The normalized spacial score (nSPS) is 20.1. The van der Waals surface area contributed by atoms with E-state index in [1.54, 1.807) is 19.2 Å². The van der Waals surface area contributed by atoms with Gasteiger partial charge in [0.1, 0.15) is 5.82 Å². The minimum atomic E-state index is -0.193. The van der Waals surface area contributed by atoms with Gasteiger partial charge in [0.2, 0.25) is 0 Å². The van der Waals surface area contributed by atoms with Crippen LogP contribution in [0.2, 0.25) is 0 Å². The van der Waals surface area contributed by atoms with E-state index < -0.39 is 0 Å². The zero-order valence-corrected chi connectivity index (χ0v) is 16.3. The number of esters is 1. The van der Waals surface area contributed by atoms with Crippen molar-refractivity contribution in [2.24, 2.45) is 10.9 Å². The Morgan fingerprint density at radius 1 is 1.30 bits per heavy atom. The predicted molar refractivity (Wildman–Crippen MR) is 104 cm³/mol. The van der Waals surface area contributed by atoms with Crippen LogP contribution in [0.15, 0.2) is 29.3 Å². The Balaban J connectivity index is 1.56. The van der Waals surface area contributed by atoms with Crippen LogP contribution in [0, 0.1) is 11.7 Å². The summed E-state index contributed by atoms with van der Waals surface area (Å²) in [5, 5.41) is 3.53. The Bertz CT molecular complexity index is 663. The van der Waals surface area contributed by atoms with Crippen molar-refractivity contribution in [1.29, 1.82) is 0 Å². The van der Waals surface area contributed by atoms with Gasteiger partial charge >= 0.3 is 5.97 Å². The van der Waals surface area contributed by atoms with Gasteiger partial charge in [-0.05, 0) is 50.3 Å². The van der Waals surface area contributed by atoms with Crippen LogP contribution >= 0.6 is 0 Å². The second-order valence-corrected chi connectivity index (χ2v) is 7.55. The van der Waals surface area contributed by atoms with E-state index in [0.29, 0.717) is 6.61 Å². The molecule has 1 heterocycles. The zero-order chi connectivity index (χ0) is 19.3. The van der Waals surface area contributed by atoms with Gasteiger partial charge in [0, 0.05) is 32.1 Å². The molecule has 1 aliphatic heterocycles. The fourth-order valence-electron chi connectivity index (χ4n) is 4.14. The largest absolute Gasteiger partial charge is 0.466 e. The Morgan fingerprint density at radius 2 is 1.96 bits per heavy atom. The van der Waals surface area contributed by atoms with Crippen LogP contribution in [0.3, 0.4) is 0 Å². The van der Waals surface area contributed by atoms with Gasteiger partial charge in [-0.1, -0.05) is 18.6 Å². The summed E-state index contributed by atoms with van der Waals surface area (Å²) in [5.41, 5.74) is 1.26. The van der Waals surface area contributed by atoms with Crippen molar-refractivity contribution in [1.82, 2.24) is 10.2 Å². The van der Waals surface area contributed by atoms with E-state index in [0.717, 1.165) is 51.3 Å². The summed E-state index contributed by atoms with van der Waals surface area (Å²) < 4.78 is 18.4. The molecule has 0 atom stereocenters. The van der Waals surface area contributed by atoms with Crippen molar-refractivity contribution in [3.63, 3.8) is 0 Å². The van der Waals surface area contributed by atoms with Crippen molar-refractivity contribution >= 4 is 11.9 Å². The molecule has 5 nitrogen and oxygen atoms in total. The standard InChI is InChI=1S/C21H30FN3O2/c1-3-27-19(26)16-9-13-25(14-10-16)20(23-2)24-15-21(11-4-12-21)17-5-7-18(22)8-6-17/h5-8,16H,3-4,9-15H2,1-2H3,(H,23,24). The van der Waals surface area contributed by atoms with Gasteiger partial charge in [-0.15, -0.1) is 0 Å². The van der Waals surface area contributed by atoms with Crippen LogP contribution in [0.1, 0.15) is 44.6 Å². The number of likely N-dealkylation sites (tertiary alicyclic amines) is 1. The monoisotopic (exact) mass is 375 g/mol. The lowest BCUT2D eigenvalue weighted by Gasteiger charge is -2.44. The number of ether oxygens (including phenoxy) is 1. The summed E-state index contributed by atoms with van der Waals surface area (Å²) in [6, 6.07) is 6.91. The number of benzene rings is 1. The summed E-state index contributed by atoms with van der Waals surface area (Å²) in [4.78, 5) is 18.6. The van der Waals surface area contributed by atoms with Crippen LogP contribution in [-0.2, 0) is 14.9 Å². The average Bonchev–Trinajstić information content (AvgIpc) is 2.65. The third kappa shape index (κ3) is 4.42. The summed E-state index contributed by atoms with van der Waals surface area (Å²) >= 11 is 0. The number of carbonyl (C=O) groups is 1. The summed E-state index contributed by atoms with van der Waals surface area (Å²) in [7, 11) is 1.80. The van der Waals surface area contributed by atoms with Crippen LogP contribution in [0.5, 0.6) is 0 Å². The topological polar surface area (TPSA) is 53.9 Å². The van der Waals surface area contributed by atoms with Crippen LogP contribution < -0.4 is 5.32 Å². The zero-order valence-electron chi connectivity index (χ0n) is 16.3. The number of halogens is 1. The highest BCUT2D eigenvalue weighted by Crippen LogP contribution is 2.43. The molecule has 1 saturated carbocycles. The molecule has 0 spiro atoms. The van der Waals surface area contributed by atoms with Crippen molar-refractivity contribution in [2.45, 2.75) is 44.4 Å². The number of guanidine groups is 1. The third-order valence-corrected chi connectivity index (χ3v) is 5.98.